The summed E-state index contributed by atoms with van der Waals surface area (Å²) >= 11 is 0. The van der Waals surface area contributed by atoms with Gasteiger partial charge in [0, 0.05) is 20.3 Å². The highest BCUT2D eigenvalue weighted by atomic mass is 32.2. The highest BCUT2D eigenvalue weighted by Gasteiger charge is 2.16. The van der Waals surface area contributed by atoms with E-state index in [1.807, 2.05) is 6.92 Å². The molecule has 0 bridgehead atoms. The molecule has 0 aliphatic rings. The van der Waals surface area contributed by atoms with E-state index in [-0.39, 0.29) is 11.5 Å². The Labute approximate surface area is 91.7 Å². The Morgan fingerprint density at radius 2 is 2.13 bits per heavy atom. The number of rotatable bonds is 9. The highest BCUT2D eigenvalue weighted by molar-refractivity contribution is 7.91. The summed E-state index contributed by atoms with van der Waals surface area (Å²) in [5, 5.41) is 12.3. The molecule has 1 atom stereocenters. The van der Waals surface area contributed by atoms with Gasteiger partial charge in [-0.15, -0.1) is 0 Å². The van der Waals surface area contributed by atoms with Crippen LogP contribution in [0.5, 0.6) is 0 Å². The van der Waals surface area contributed by atoms with Crippen molar-refractivity contribution in [3.05, 3.63) is 0 Å². The number of sulfone groups is 1. The van der Waals surface area contributed by atoms with Crippen LogP contribution in [0.4, 0.5) is 0 Å². The maximum absolute atomic E-state index is 11.4. The number of nitrogens with one attached hydrogen (secondary N) is 1. The molecular weight excluding hydrogens is 218 g/mol. The first-order valence-electron chi connectivity index (χ1n) is 5.10. The Hall–Kier alpha value is -0.170. The van der Waals surface area contributed by atoms with Crippen molar-refractivity contribution in [3.63, 3.8) is 0 Å². The molecule has 2 N–H and O–H groups in total. The molecule has 0 rings (SSSR count). The molecule has 0 aliphatic heterocycles. The number of ether oxygens (including phenoxy) is 1. The molecule has 5 nitrogen and oxygen atoms in total. The maximum Gasteiger partial charge on any atom is 0.152 e. The van der Waals surface area contributed by atoms with Crippen molar-refractivity contribution in [1.82, 2.24) is 5.32 Å². The van der Waals surface area contributed by atoms with E-state index in [0.717, 1.165) is 6.54 Å². The minimum absolute atomic E-state index is 0.0734. The zero-order valence-corrected chi connectivity index (χ0v) is 10.2. The van der Waals surface area contributed by atoms with Gasteiger partial charge in [-0.25, -0.2) is 8.42 Å². The van der Waals surface area contributed by atoms with Crippen LogP contribution in [0.2, 0.25) is 0 Å². The van der Waals surface area contributed by atoms with Gasteiger partial charge in [-0.3, -0.25) is 0 Å². The average Bonchev–Trinajstić information content (AvgIpc) is 2.14. The van der Waals surface area contributed by atoms with Gasteiger partial charge in [0.1, 0.15) is 0 Å². The molecule has 0 spiro atoms. The Balaban J connectivity index is 3.81. The third kappa shape index (κ3) is 8.80. The van der Waals surface area contributed by atoms with E-state index < -0.39 is 15.9 Å². The van der Waals surface area contributed by atoms with Gasteiger partial charge >= 0.3 is 0 Å². The van der Waals surface area contributed by atoms with E-state index in [1.165, 1.54) is 7.11 Å². The standard InChI is InChI=1S/C9H21NO4S/c1-3-10-7-9(11)8-15(12,13)6-4-5-14-2/h9-11H,3-8H2,1-2H3. The molecule has 92 valence electrons. The highest BCUT2D eigenvalue weighted by Crippen LogP contribution is 1.97. The van der Waals surface area contributed by atoms with Crippen molar-refractivity contribution in [3.8, 4) is 0 Å². The van der Waals surface area contributed by atoms with Gasteiger partial charge in [0.25, 0.3) is 0 Å². The van der Waals surface area contributed by atoms with Crippen molar-refractivity contribution in [2.24, 2.45) is 0 Å². The third-order valence-corrected chi connectivity index (χ3v) is 3.68. The average molecular weight is 239 g/mol. The van der Waals surface area contributed by atoms with Gasteiger partial charge in [-0.1, -0.05) is 6.92 Å². The van der Waals surface area contributed by atoms with Crippen LogP contribution in [0.25, 0.3) is 0 Å². The zero-order valence-electron chi connectivity index (χ0n) is 9.40. The lowest BCUT2D eigenvalue weighted by atomic mass is 10.4. The molecule has 0 radical (unpaired) electrons. The largest absolute Gasteiger partial charge is 0.391 e. The van der Waals surface area contributed by atoms with Crippen LogP contribution in [-0.4, -0.2) is 57.9 Å². The second-order valence-electron chi connectivity index (χ2n) is 3.42. The van der Waals surface area contributed by atoms with Gasteiger partial charge < -0.3 is 15.2 Å². The first kappa shape index (κ1) is 14.8. The Bertz CT molecular complexity index is 240. The van der Waals surface area contributed by atoms with Gasteiger partial charge in [0.15, 0.2) is 9.84 Å². The molecule has 0 fully saturated rings. The number of hydrogen-bond donors (Lipinski definition) is 2. The van der Waals surface area contributed by atoms with Gasteiger partial charge in [-0.05, 0) is 13.0 Å². The molecule has 0 aromatic carbocycles. The van der Waals surface area contributed by atoms with Crippen LogP contribution in [-0.2, 0) is 14.6 Å². The monoisotopic (exact) mass is 239 g/mol. The molecule has 0 aromatic rings. The molecule has 6 heteroatoms. The lowest BCUT2D eigenvalue weighted by Gasteiger charge is -2.11. The maximum atomic E-state index is 11.4. The van der Waals surface area contributed by atoms with E-state index in [4.69, 9.17) is 4.74 Å². The normalized spacial score (nSPS) is 14.1. The molecule has 1 unspecified atom stereocenters. The van der Waals surface area contributed by atoms with Crippen molar-refractivity contribution < 1.29 is 18.3 Å². The van der Waals surface area contributed by atoms with E-state index >= 15 is 0 Å². The number of likely N-dealkylation sites (N-methyl/N-ethyl adjacent to an activating group) is 1. The van der Waals surface area contributed by atoms with Crippen molar-refractivity contribution in [2.75, 3.05) is 38.3 Å². The van der Waals surface area contributed by atoms with Crippen LogP contribution in [0.15, 0.2) is 0 Å². The number of hydrogen-bond acceptors (Lipinski definition) is 5. The van der Waals surface area contributed by atoms with E-state index in [1.54, 1.807) is 0 Å². The summed E-state index contributed by atoms with van der Waals surface area (Å²) in [6.45, 7) is 3.38. The smallest absolute Gasteiger partial charge is 0.152 e. The Kier molecular flexibility index (Phi) is 7.95. The molecule has 0 saturated heterocycles. The fourth-order valence-corrected chi connectivity index (χ4v) is 2.60. The Morgan fingerprint density at radius 1 is 1.47 bits per heavy atom. The predicted molar refractivity (Wildman–Crippen MR) is 59.7 cm³/mol. The second kappa shape index (κ2) is 8.04. The van der Waals surface area contributed by atoms with Gasteiger partial charge in [-0.2, -0.15) is 0 Å². The van der Waals surface area contributed by atoms with Crippen LogP contribution < -0.4 is 5.32 Å². The topological polar surface area (TPSA) is 75.6 Å². The SMILES string of the molecule is CCNCC(O)CS(=O)(=O)CCCOC. The van der Waals surface area contributed by atoms with E-state index in [0.29, 0.717) is 19.6 Å². The summed E-state index contributed by atoms with van der Waals surface area (Å²) in [6, 6.07) is 0. The second-order valence-corrected chi connectivity index (χ2v) is 5.65. The molecule has 0 aromatic heterocycles. The molecular formula is C9H21NO4S. The minimum atomic E-state index is -3.15. The first-order chi connectivity index (χ1) is 7.02. The van der Waals surface area contributed by atoms with Gasteiger partial charge in [0.05, 0.1) is 17.6 Å². The summed E-state index contributed by atoms with van der Waals surface area (Å²) in [5.74, 6) is -0.103. The Morgan fingerprint density at radius 3 is 2.67 bits per heavy atom. The number of methoxy groups -OCH3 is 1. The molecule has 0 saturated carbocycles. The lowest BCUT2D eigenvalue weighted by molar-refractivity contribution is 0.192. The predicted octanol–water partition coefficient (Wildman–Crippen LogP) is -0.592. The first-order valence-corrected chi connectivity index (χ1v) is 6.92. The van der Waals surface area contributed by atoms with Gasteiger partial charge in [0.2, 0.25) is 0 Å². The lowest BCUT2D eigenvalue weighted by Crippen LogP contribution is -2.33. The minimum Gasteiger partial charge on any atom is -0.391 e. The molecule has 0 aliphatic carbocycles. The number of aliphatic hydroxyl groups is 1. The van der Waals surface area contributed by atoms with Crippen molar-refractivity contribution >= 4 is 9.84 Å². The van der Waals surface area contributed by atoms with Crippen molar-refractivity contribution in [1.29, 1.82) is 0 Å². The molecule has 0 heterocycles. The summed E-state index contributed by atoms with van der Waals surface area (Å²) in [4.78, 5) is 0. The van der Waals surface area contributed by atoms with Crippen LogP contribution in [0, 0.1) is 0 Å². The van der Waals surface area contributed by atoms with Crippen molar-refractivity contribution in [2.45, 2.75) is 19.4 Å². The van der Waals surface area contributed by atoms with Crippen LogP contribution in [0.3, 0.4) is 0 Å². The fraction of sp³-hybridized carbons (Fsp3) is 1.00. The van der Waals surface area contributed by atoms with Crippen LogP contribution in [0.1, 0.15) is 13.3 Å². The van der Waals surface area contributed by atoms with E-state index in [9.17, 15) is 13.5 Å². The molecule has 0 amide bonds. The summed E-state index contributed by atoms with van der Waals surface area (Å²) < 4.78 is 27.6. The zero-order chi connectivity index (χ0) is 11.7. The summed E-state index contributed by atoms with van der Waals surface area (Å²) in [6.07, 6.45) is -0.343. The summed E-state index contributed by atoms with van der Waals surface area (Å²) in [5.41, 5.74) is 0. The van der Waals surface area contributed by atoms with Crippen LogP contribution >= 0.6 is 0 Å². The summed E-state index contributed by atoms with van der Waals surface area (Å²) in [7, 11) is -1.62. The third-order valence-electron chi connectivity index (χ3n) is 1.88. The molecule has 15 heavy (non-hydrogen) atoms. The van der Waals surface area contributed by atoms with E-state index in [2.05, 4.69) is 5.32 Å². The fourth-order valence-electron chi connectivity index (χ4n) is 1.17. The number of aliphatic hydroxyl groups excluding tert-OH is 1. The quantitative estimate of drug-likeness (QED) is 0.526.